The third kappa shape index (κ3) is 2.83. The second kappa shape index (κ2) is 5.22. The first kappa shape index (κ1) is 12.9. The van der Waals surface area contributed by atoms with E-state index in [0.717, 1.165) is 55.9 Å². The number of likely N-dealkylation sites (tertiary alicyclic amines) is 1. The molecule has 1 aliphatic carbocycles. The van der Waals surface area contributed by atoms with Crippen molar-refractivity contribution < 1.29 is 4.42 Å². The first-order chi connectivity index (χ1) is 10.3. The lowest BCUT2D eigenvalue weighted by Gasteiger charge is -2.30. The monoisotopic (exact) mass is 288 g/mol. The Bertz CT molecular complexity index is 617. The number of aromatic nitrogens is 5. The number of rotatable bonds is 4. The summed E-state index contributed by atoms with van der Waals surface area (Å²) in [6.45, 7) is 4.70. The van der Waals surface area contributed by atoms with Crippen molar-refractivity contribution in [3.8, 4) is 0 Å². The summed E-state index contributed by atoms with van der Waals surface area (Å²) in [4.78, 5) is 6.83. The van der Waals surface area contributed by atoms with E-state index in [1.54, 1.807) is 0 Å². The summed E-state index contributed by atoms with van der Waals surface area (Å²) in [6.07, 6.45) is 4.68. The first-order valence-electron chi connectivity index (χ1n) is 7.71. The van der Waals surface area contributed by atoms with E-state index in [9.17, 15) is 0 Å². The van der Waals surface area contributed by atoms with Crippen molar-refractivity contribution in [3.05, 3.63) is 23.4 Å². The van der Waals surface area contributed by atoms with Crippen LogP contribution in [0, 0.1) is 6.92 Å². The van der Waals surface area contributed by atoms with Gasteiger partial charge in [0.05, 0.1) is 6.54 Å². The summed E-state index contributed by atoms with van der Waals surface area (Å²) < 4.78 is 5.75. The van der Waals surface area contributed by atoms with Crippen molar-refractivity contribution in [2.45, 2.75) is 51.0 Å². The summed E-state index contributed by atoms with van der Waals surface area (Å²) in [5.41, 5.74) is 0. The minimum Gasteiger partial charge on any atom is -0.424 e. The van der Waals surface area contributed by atoms with Gasteiger partial charge in [0.25, 0.3) is 0 Å². The molecule has 4 rings (SSSR count). The van der Waals surface area contributed by atoms with E-state index in [4.69, 9.17) is 4.42 Å². The highest BCUT2D eigenvalue weighted by Gasteiger charge is 2.30. The average molecular weight is 288 g/mol. The van der Waals surface area contributed by atoms with Gasteiger partial charge in [-0.2, -0.15) is 5.10 Å². The zero-order chi connectivity index (χ0) is 14.2. The van der Waals surface area contributed by atoms with Crippen molar-refractivity contribution in [1.29, 1.82) is 0 Å². The smallest absolute Gasteiger partial charge is 0.230 e. The van der Waals surface area contributed by atoms with Crippen LogP contribution in [0.5, 0.6) is 0 Å². The lowest BCUT2D eigenvalue weighted by atomic mass is 9.97. The summed E-state index contributed by atoms with van der Waals surface area (Å²) in [6, 6.07) is 0. The zero-order valence-corrected chi connectivity index (χ0v) is 12.2. The fraction of sp³-hybridized carbons (Fsp3) is 0.714. The molecule has 7 nitrogen and oxygen atoms in total. The van der Waals surface area contributed by atoms with Crippen molar-refractivity contribution in [2.75, 3.05) is 13.1 Å². The molecule has 2 aromatic heterocycles. The second-order valence-corrected chi connectivity index (χ2v) is 6.16. The highest BCUT2D eigenvalue weighted by molar-refractivity contribution is 5.02. The van der Waals surface area contributed by atoms with Gasteiger partial charge in [-0.15, -0.1) is 10.2 Å². The predicted octanol–water partition coefficient (Wildman–Crippen LogP) is 1.75. The predicted molar refractivity (Wildman–Crippen MR) is 74.6 cm³/mol. The van der Waals surface area contributed by atoms with Crippen LogP contribution in [0.15, 0.2) is 4.42 Å². The van der Waals surface area contributed by atoms with Crippen molar-refractivity contribution in [3.63, 3.8) is 0 Å². The number of hydrogen-bond donors (Lipinski definition) is 1. The maximum atomic E-state index is 5.75. The average Bonchev–Trinajstić information content (AvgIpc) is 3.09. The molecule has 1 atom stereocenters. The van der Waals surface area contributed by atoms with E-state index in [1.165, 1.54) is 12.8 Å². The van der Waals surface area contributed by atoms with Gasteiger partial charge >= 0.3 is 0 Å². The Kier molecular flexibility index (Phi) is 3.21. The topological polar surface area (TPSA) is 83.7 Å². The van der Waals surface area contributed by atoms with Gasteiger partial charge in [-0.05, 0) is 39.2 Å². The van der Waals surface area contributed by atoms with E-state index in [0.29, 0.717) is 11.8 Å². The molecule has 0 amide bonds. The SMILES string of the molecule is Cc1nc([C@@H]2CCCN(Cc3nnc(C4CC4)o3)C2)n[nH]1. The second-order valence-electron chi connectivity index (χ2n) is 6.16. The van der Waals surface area contributed by atoms with E-state index in [1.807, 2.05) is 6.92 Å². The summed E-state index contributed by atoms with van der Waals surface area (Å²) >= 11 is 0. The number of piperidine rings is 1. The molecule has 2 aliphatic rings. The van der Waals surface area contributed by atoms with Gasteiger partial charge in [0.15, 0.2) is 5.82 Å². The molecular formula is C14H20N6O. The molecule has 3 heterocycles. The third-order valence-electron chi connectivity index (χ3n) is 4.25. The van der Waals surface area contributed by atoms with Gasteiger partial charge in [-0.25, -0.2) is 4.98 Å². The van der Waals surface area contributed by atoms with Crippen LogP contribution in [0.2, 0.25) is 0 Å². The number of aryl methyl sites for hydroxylation is 1. The van der Waals surface area contributed by atoms with Crippen LogP contribution >= 0.6 is 0 Å². The third-order valence-corrected chi connectivity index (χ3v) is 4.25. The number of aromatic amines is 1. The molecule has 1 N–H and O–H groups in total. The highest BCUT2D eigenvalue weighted by Crippen LogP contribution is 2.39. The molecule has 0 aromatic carbocycles. The van der Waals surface area contributed by atoms with Crippen molar-refractivity contribution >= 4 is 0 Å². The summed E-state index contributed by atoms with van der Waals surface area (Å²) in [5.74, 6) is 4.30. The van der Waals surface area contributed by atoms with Crippen LogP contribution < -0.4 is 0 Å². The molecule has 0 spiro atoms. The Hall–Kier alpha value is -1.76. The standard InChI is InChI=1S/C14H20N6O/c1-9-15-13(18-16-9)11-3-2-6-20(7-11)8-12-17-19-14(21-12)10-4-5-10/h10-11H,2-8H2,1H3,(H,15,16,18)/t11-/m1/s1. The van der Waals surface area contributed by atoms with Gasteiger partial charge in [-0.1, -0.05) is 0 Å². The number of hydrogen-bond acceptors (Lipinski definition) is 6. The Balaban J connectivity index is 1.40. The molecular weight excluding hydrogens is 268 g/mol. The van der Waals surface area contributed by atoms with Gasteiger partial charge in [0.2, 0.25) is 11.8 Å². The fourth-order valence-corrected chi connectivity index (χ4v) is 2.97. The molecule has 0 bridgehead atoms. The molecule has 2 aromatic rings. The van der Waals surface area contributed by atoms with Crippen LogP contribution in [-0.4, -0.2) is 43.4 Å². The van der Waals surface area contributed by atoms with Crippen LogP contribution in [0.4, 0.5) is 0 Å². The van der Waals surface area contributed by atoms with Crippen LogP contribution in [0.25, 0.3) is 0 Å². The van der Waals surface area contributed by atoms with E-state index in [2.05, 4.69) is 30.3 Å². The van der Waals surface area contributed by atoms with Crippen molar-refractivity contribution in [1.82, 2.24) is 30.3 Å². The molecule has 1 aliphatic heterocycles. The molecule has 112 valence electrons. The fourth-order valence-electron chi connectivity index (χ4n) is 2.97. The largest absolute Gasteiger partial charge is 0.424 e. The Morgan fingerprint density at radius 1 is 1.24 bits per heavy atom. The lowest BCUT2D eigenvalue weighted by Crippen LogP contribution is -2.34. The molecule has 1 saturated carbocycles. The van der Waals surface area contributed by atoms with Gasteiger partial charge < -0.3 is 4.42 Å². The molecule has 2 fully saturated rings. The van der Waals surface area contributed by atoms with E-state index in [-0.39, 0.29) is 0 Å². The molecule has 0 radical (unpaired) electrons. The molecule has 21 heavy (non-hydrogen) atoms. The van der Waals surface area contributed by atoms with Gasteiger partial charge in [0, 0.05) is 18.4 Å². The van der Waals surface area contributed by atoms with Gasteiger partial charge in [0.1, 0.15) is 5.82 Å². The van der Waals surface area contributed by atoms with E-state index < -0.39 is 0 Å². The number of H-pyrrole nitrogens is 1. The zero-order valence-electron chi connectivity index (χ0n) is 12.2. The van der Waals surface area contributed by atoms with E-state index >= 15 is 0 Å². The lowest BCUT2D eigenvalue weighted by molar-refractivity contribution is 0.179. The summed E-state index contributed by atoms with van der Waals surface area (Å²) in [7, 11) is 0. The normalized spacial score (nSPS) is 23.6. The Morgan fingerprint density at radius 3 is 2.90 bits per heavy atom. The minimum atomic E-state index is 0.398. The van der Waals surface area contributed by atoms with Crippen molar-refractivity contribution in [2.24, 2.45) is 0 Å². The number of nitrogens with one attached hydrogen (secondary N) is 1. The Morgan fingerprint density at radius 2 is 2.14 bits per heavy atom. The quantitative estimate of drug-likeness (QED) is 0.922. The molecule has 7 heteroatoms. The van der Waals surface area contributed by atoms with Crippen LogP contribution in [-0.2, 0) is 6.54 Å². The summed E-state index contributed by atoms with van der Waals surface area (Å²) in [5, 5.41) is 15.6. The first-order valence-corrected chi connectivity index (χ1v) is 7.71. The maximum Gasteiger partial charge on any atom is 0.230 e. The van der Waals surface area contributed by atoms with Gasteiger partial charge in [-0.3, -0.25) is 10.00 Å². The maximum absolute atomic E-state index is 5.75. The molecule has 1 saturated heterocycles. The Labute approximate surface area is 123 Å². The van der Waals surface area contributed by atoms with Crippen LogP contribution in [0.1, 0.15) is 60.9 Å². The number of nitrogens with zero attached hydrogens (tertiary/aromatic N) is 5. The minimum absolute atomic E-state index is 0.398. The highest BCUT2D eigenvalue weighted by atomic mass is 16.4. The van der Waals surface area contributed by atoms with Crippen LogP contribution in [0.3, 0.4) is 0 Å². The molecule has 0 unspecified atom stereocenters.